The van der Waals surface area contributed by atoms with Gasteiger partial charge in [-0.15, -0.1) is 0 Å². The van der Waals surface area contributed by atoms with E-state index in [-0.39, 0.29) is 31.9 Å². The fourth-order valence-corrected chi connectivity index (χ4v) is 4.24. The monoisotopic (exact) mass is 477 g/mol. The Labute approximate surface area is 202 Å². The zero-order chi connectivity index (χ0) is 24.8. The van der Waals surface area contributed by atoms with Gasteiger partial charge >= 0.3 is 12.1 Å². The van der Waals surface area contributed by atoms with Crippen molar-refractivity contribution in [2.24, 2.45) is 0 Å². The van der Waals surface area contributed by atoms with Gasteiger partial charge in [0.05, 0.1) is 0 Å². The molecule has 10 nitrogen and oxygen atoms in total. The first-order valence-corrected chi connectivity index (χ1v) is 11.4. The molecule has 1 unspecified atom stereocenters. The third-order valence-electron chi connectivity index (χ3n) is 5.89. The van der Waals surface area contributed by atoms with Gasteiger partial charge in [-0.05, 0) is 35.6 Å². The summed E-state index contributed by atoms with van der Waals surface area (Å²) in [4.78, 5) is 40.5. The number of carboxylic acid groups (broad SMARTS) is 1. The Morgan fingerprint density at radius 2 is 1.74 bits per heavy atom. The van der Waals surface area contributed by atoms with Crippen molar-refractivity contribution in [2.75, 3.05) is 13.2 Å². The second-order valence-electron chi connectivity index (χ2n) is 8.33. The molecule has 0 aliphatic heterocycles. The molecule has 1 aliphatic rings. The lowest BCUT2D eigenvalue weighted by Crippen LogP contribution is -2.47. The van der Waals surface area contributed by atoms with Gasteiger partial charge in [-0.1, -0.05) is 48.5 Å². The highest BCUT2D eigenvalue weighted by Gasteiger charge is 2.30. The van der Waals surface area contributed by atoms with Crippen LogP contribution in [-0.2, 0) is 20.7 Å². The number of fused-ring (bicyclic) bond motifs is 3. The van der Waals surface area contributed by atoms with E-state index in [9.17, 15) is 14.4 Å². The zero-order valence-electron chi connectivity index (χ0n) is 19.3. The minimum atomic E-state index is -1.06. The highest BCUT2D eigenvalue weighted by atomic mass is 16.5. The lowest BCUT2D eigenvalue weighted by Gasteiger charge is -2.19. The molecule has 0 saturated heterocycles. The normalized spacial score (nSPS) is 12.9. The highest BCUT2D eigenvalue weighted by molar-refractivity contribution is 5.86. The first-order valence-electron chi connectivity index (χ1n) is 11.4. The van der Waals surface area contributed by atoms with Crippen molar-refractivity contribution in [3.05, 3.63) is 71.3 Å². The number of aliphatic carboxylic acids is 1. The number of ether oxygens (including phenoxy) is 1. The van der Waals surface area contributed by atoms with Crippen LogP contribution in [0.3, 0.4) is 0 Å². The van der Waals surface area contributed by atoms with Gasteiger partial charge < -0.3 is 20.5 Å². The Balaban J connectivity index is 1.35. The number of carbonyl (C=O) groups is 3. The first kappa shape index (κ1) is 23.9. The molecule has 1 aliphatic carbocycles. The number of alkyl carbamates (subject to hydrolysis) is 1. The van der Waals surface area contributed by atoms with Crippen molar-refractivity contribution in [1.29, 1.82) is 0 Å². The van der Waals surface area contributed by atoms with Crippen LogP contribution in [0.2, 0.25) is 0 Å². The number of nitrogens with one attached hydrogen (secondary N) is 3. The van der Waals surface area contributed by atoms with Gasteiger partial charge in [-0.3, -0.25) is 14.7 Å². The number of carbonyl (C=O) groups excluding carboxylic acids is 2. The molecular formula is C25H27N5O5. The molecule has 2 amide bonds. The number of nitrogens with zero attached hydrogens (tertiary/aromatic N) is 2. The maximum Gasteiger partial charge on any atom is 0.407 e. The Hall–Kier alpha value is -4.21. The maximum absolute atomic E-state index is 12.7. The molecule has 1 atom stereocenters. The van der Waals surface area contributed by atoms with E-state index in [1.165, 1.54) is 0 Å². The average molecular weight is 478 g/mol. The van der Waals surface area contributed by atoms with Gasteiger partial charge in [-0.25, -0.2) is 9.78 Å². The van der Waals surface area contributed by atoms with Crippen molar-refractivity contribution in [3.8, 4) is 11.1 Å². The second kappa shape index (κ2) is 10.8. The Morgan fingerprint density at radius 1 is 1.09 bits per heavy atom. The van der Waals surface area contributed by atoms with Crippen molar-refractivity contribution in [1.82, 2.24) is 25.8 Å². The first-order chi connectivity index (χ1) is 16.9. The Bertz CT molecular complexity index is 1180. The van der Waals surface area contributed by atoms with Gasteiger partial charge in [-0.2, -0.15) is 5.10 Å². The number of hydrogen-bond acceptors (Lipinski definition) is 6. The molecule has 4 N–H and O–H groups in total. The van der Waals surface area contributed by atoms with Crippen LogP contribution < -0.4 is 10.6 Å². The lowest BCUT2D eigenvalue weighted by molar-refractivity contribution is -0.137. The number of hydrogen-bond donors (Lipinski definition) is 4. The predicted octanol–water partition coefficient (Wildman–Crippen LogP) is 2.54. The molecule has 0 radical (unpaired) electrons. The molecule has 35 heavy (non-hydrogen) atoms. The smallest absolute Gasteiger partial charge is 0.407 e. The molecular weight excluding hydrogens is 450 g/mol. The van der Waals surface area contributed by atoms with E-state index in [1.54, 1.807) is 6.92 Å². The predicted molar refractivity (Wildman–Crippen MR) is 127 cm³/mol. The summed E-state index contributed by atoms with van der Waals surface area (Å²) in [5, 5.41) is 21.0. The van der Waals surface area contributed by atoms with Crippen molar-refractivity contribution < 1.29 is 24.2 Å². The molecule has 2 aromatic carbocycles. The van der Waals surface area contributed by atoms with E-state index >= 15 is 0 Å². The number of H-pyrrole nitrogens is 1. The third kappa shape index (κ3) is 5.84. The lowest BCUT2D eigenvalue weighted by atomic mass is 9.98. The molecule has 4 rings (SSSR count). The summed E-state index contributed by atoms with van der Waals surface area (Å²) in [6.07, 6.45) is -0.721. The molecule has 0 spiro atoms. The maximum atomic E-state index is 12.7. The van der Waals surface area contributed by atoms with Crippen LogP contribution in [0.5, 0.6) is 0 Å². The highest BCUT2D eigenvalue weighted by Crippen LogP contribution is 2.44. The van der Waals surface area contributed by atoms with Gasteiger partial charge in [0, 0.05) is 25.3 Å². The van der Waals surface area contributed by atoms with Crippen LogP contribution in [0.1, 0.15) is 41.5 Å². The molecule has 0 bridgehead atoms. The van der Waals surface area contributed by atoms with Crippen LogP contribution >= 0.6 is 0 Å². The van der Waals surface area contributed by atoms with Crippen LogP contribution in [0.15, 0.2) is 48.5 Å². The molecule has 0 fully saturated rings. The van der Waals surface area contributed by atoms with Crippen molar-refractivity contribution >= 4 is 18.0 Å². The van der Waals surface area contributed by atoms with Crippen LogP contribution in [0.25, 0.3) is 11.1 Å². The van der Waals surface area contributed by atoms with Gasteiger partial charge in [0.15, 0.2) is 5.82 Å². The zero-order valence-corrected chi connectivity index (χ0v) is 19.3. The van der Waals surface area contributed by atoms with E-state index in [4.69, 9.17) is 9.84 Å². The quantitative estimate of drug-likeness (QED) is 0.351. The number of carboxylic acids is 1. The number of amides is 2. The molecule has 1 aromatic heterocycles. The topological polar surface area (TPSA) is 146 Å². The summed E-state index contributed by atoms with van der Waals surface area (Å²) in [5.41, 5.74) is 4.36. The molecule has 0 saturated carbocycles. The number of aromatic amines is 1. The fraction of sp³-hybridized carbons (Fsp3) is 0.320. The number of aromatic nitrogens is 3. The van der Waals surface area contributed by atoms with Gasteiger partial charge in [0.25, 0.3) is 0 Å². The van der Waals surface area contributed by atoms with Crippen molar-refractivity contribution in [2.45, 2.75) is 38.1 Å². The van der Waals surface area contributed by atoms with Crippen LogP contribution in [0, 0.1) is 6.92 Å². The minimum Gasteiger partial charge on any atom is -0.481 e. The molecule has 182 valence electrons. The standard InChI is InChI=1S/C25H27N5O5/c1-15-27-22(30-29-15)12-13-26-24(33)21(10-11-23(31)32)28-25(34)35-14-20-18-8-4-2-6-16(18)17-7-3-5-9-19(17)20/h2-9,20-21H,10-14H2,1H3,(H,26,33)(H,28,34)(H,31,32)(H,27,29,30). The minimum absolute atomic E-state index is 0.0644. The summed E-state index contributed by atoms with van der Waals surface area (Å²) >= 11 is 0. The summed E-state index contributed by atoms with van der Waals surface area (Å²) in [5.74, 6) is -0.457. The Kier molecular flexibility index (Phi) is 7.39. The number of aryl methyl sites for hydroxylation is 1. The largest absolute Gasteiger partial charge is 0.481 e. The Morgan fingerprint density at radius 3 is 2.34 bits per heavy atom. The van der Waals surface area contributed by atoms with E-state index < -0.39 is 24.0 Å². The number of rotatable bonds is 10. The summed E-state index contributed by atoms with van der Waals surface area (Å²) in [7, 11) is 0. The SMILES string of the molecule is Cc1nc(CCNC(=O)C(CCC(=O)O)NC(=O)OCC2c3ccccc3-c3ccccc32)n[nH]1. The fourth-order valence-electron chi connectivity index (χ4n) is 4.24. The average Bonchev–Trinajstić information content (AvgIpc) is 3.41. The number of benzene rings is 2. The van der Waals surface area contributed by atoms with E-state index in [0.29, 0.717) is 18.1 Å². The van der Waals surface area contributed by atoms with Crippen LogP contribution in [0.4, 0.5) is 4.79 Å². The second-order valence-corrected chi connectivity index (χ2v) is 8.33. The summed E-state index contributed by atoms with van der Waals surface area (Å²) < 4.78 is 5.50. The van der Waals surface area contributed by atoms with Gasteiger partial charge in [0.2, 0.25) is 5.91 Å². The molecule has 3 aromatic rings. The van der Waals surface area contributed by atoms with E-state index in [1.807, 2.05) is 48.5 Å². The molecule has 10 heteroatoms. The van der Waals surface area contributed by atoms with Crippen molar-refractivity contribution in [3.63, 3.8) is 0 Å². The van der Waals surface area contributed by atoms with Crippen LogP contribution in [-0.4, -0.2) is 57.5 Å². The third-order valence-corrected chi connectivity index (χ3v) is 5.89. The summed E-state index contributed by atoms with van der Waals surface area (Å²) in [6, 6.07) is 14.9. The van der Waals surface area contributed by atoms with E-state index in [2.05, 4.69) is 25.8 Å². The van der Waals surface area contributed by atoms with Gasteiger partial charge in [0.1, 0.15) is 18.5 Å². The van der Waals surface area contributed by atoms with E-state index in [0.717, 1.165) is 22.3 Å². The summed E-state index contributed by atoms with van der Waals surface area (Å²) in [6.45, 7) is 2.11. The molecule has 1 heterocycles.